The molecule has 17 heavy (non-hydrogen) atoms. The van der Waals surface area contributed by atoms with Crippen LogP contribution in [-0.4, -0.2) is 22.4 Å². The maximum absolute atomic E-state index is 9.83. The summed E-state index contributed by atoms with van der Waals surface area (Å²) in [6.07, 6.45) is 4.14. The monoisotopic (exact) mass is 235 g/mol. The van der Waals surface area contributed by atoms with Gasteiger partial charge in [-0.05, 0) is 24.0 Å². The standard InChI is InChI=1S/C14H21NO2/c16-10-12-7-5-11(6-8-12)9-15-13-3-1-2-4-14(13)17/h5-8,13-17H,1-4,9-10H2/t13-,14-/m1/s1. The van der Waals surface area contributed by atoms with Gasteiger partial charge in [0.2, 0.25) is 0 Å². The smallest absolute Gasteiger partial charge is 0.0693 e. The van der Waals surface area contributed by atoms with Crippen molar-refractivity contribution in [2.45, 2.75) is 51.0 Å². The highest BCUT2D eigenvalue weighted by molar-refractivity contribution is 5.21. The fourth-order valence-electron chi connectivity index (χ4n) is 2.36. The van der Waals surface area contributed by atoms with Crippen LogP contribution in [0.4, 0.5) is 0 Å². The van der Waals surface area contributed by atoms with Gasteiger partial charge in [0, 0.05) is 12.6 Å². The van der Waals surface area contributed by atoms with E-state index in [4.69, 9.17) is 5.11 Å². The fraction of sp³-hybridized carbons (Fsp3) is 0.571. The van der Waals surface area contributed by atoms with Crippen LogP contribution in [0.1, 0.15) is 36.8 Å². The molecule has 1 aliphatic rings. The third kappa shape index (κ3) is 3.53. The van der Waals surface area contributed by atoms with E-state index in [2.05, 4.69) is 5.32 Å². The maximum atomic E-state index is 9.83. The molecule has 0 amide bonds. The Labute approximate surface area is 102 Å². The van der Waals surface area contributed by atoms with Gasteiger partial charge in [-0.3, -0.25) is 0 Å². The number of hydrogen-bond donors (Lipinski definition) is 3. The minimum atomic E-state index is -0.194. The quantitative estimate of drug-likeness (QED) is 0.742. The molecule has 1 aromatic carbocycles. The topological polar surface area (TPSA) is 52.5 Å². The van der Waals surface area contributed by atoms with Crippen LogP contribution in [-0.2, 0) is 13.2 Å². The highest BCUT2D eigenvalue weighted by Gasteiger charge is 2.21. The Kier molecular flexibility index (Phi) is 4.54. The van der Waals surface area contributed by atoms with Crippen LogP contribution in [0.5, 0.6) is 0 Å². The first-order chi connectivity index (χ1) is 8.29. The Morgan fingerprint density at radius 1 is 1.06 bits per heavy atom. The van der Waals surface area contributed by atoms with E-state index in [0.717, 1.165) is 31.4 Å². The van der Waals surface area contributed by atoms with Crippen molar-refractivity contribution in [3.8, 4) is 0 Å². The number of benzene rings is 1. The first-order valence-corrected chi connectivity index (χ1v) is 6.39. The molecule has 0 radical (unpaired) electrons. The lowest BCUT2D eigenvalue weighted by Crippen LogP contribution is -2.41. The van der Waals surface area contributed by atoms with Gasteiger partial charge >= 0.3 is 0 Å². The van der Waals surface area contributed by atoms with Gasteiger partial charge in [-0.15, -0.1) is 0 Å². The van der Waals surface area contributed by atoms with Gasteiger partial charge in [-0.25, -0.2) is 0 Å². The molecule has 94 valence electrons. The summed E-state index contributed by atoms with van der Waals surface area (Å²) in [5.74, 6) is 0. The van der Waals surface area contributed by atoms with Gasteiger partial charge in [0.15, 0.2) is 0 Å². The average Bonchev–Trinajstić information content (AvgIpc) is 2.38. The lowest BCUT2D eigenvalue weighted by atomic mass is 9.92. The maximum Gasteiger partial charge on any atom is 0.0693 e. The largest absolute Gasteiger partial charge is 0.392 e. The first kappa shape index (κ1) is 12.6. The third-order valence-corrected chi connectivity index (χ3v) is 3.50. The molecule has 0 heterocycles. The van der Waals surface area contributed by atoms with Crippen molar-refractivity contribution in [2.75, 3.05) is 0 Å². The highest BCUT2D eigenvalue weighted by Crippen LogP contribution is 2.18. The molecule has 0 saturated heterocycles. The van der Waals surface area contributed by atoms with E-state index in [1.54, 1.807) is 0 Å². The molecule has 1 fully saturated rings. The van der Waals surface area contributed by atoms with Crippen LogP contribution in [0.3, 0.4) is 0 Å². The Bertz CT molecular complexity index is 337. The second kappa shape index (κ2) is 6.15. The van der Waals surface area contributed by atoms with Crippen molar-refractivity contribution in [1.82, 2.24) is 5.32 Å². The van der Waals surface area contributed by atoms with Crippen molar-refractivity contribution in [2.24, 2.45) is 0 Å². The number of hydrogen-bond acceptors (Lipinski definition) is 3. The molecule has 1 aliphatic carbocycles. The van der Waals surface area contributed by atoms with E-state index >= 15 is 0 Å². The Morgan fingerprint density at radius 2 is 1.71 bits per heavy atom. The van der Waals surface area contributed by atoms with Crippen LogP contribution in [0.15, 0.2) is 24.3 Å². The molecular weight excluding hydrogens is 214 g/mol. The van der Waals surface area contributed by atoms with Crippen LogP contribution >= 0.6 is 0 Å². The van der Waals surface area contributed by atoms with Gasteiger partial charge in [-0.2, -0.15) is 0 Å². The Hall–Kier alpha value is -0.900. The van der Waals surface area contributed by atoms with Crippen LogP contribution < -0.4 is 5.32 Å². The van der Waals surface area contributed by atoms with Gasteiger partial charge in [0.05, 0.1) is 12.7 Å². The lowest BCUT2D eigenvalue weighted by molar-refractivity contribution is 0.0902. The van der Waals surface area contributed by atoms with E-state index in [1.165, 1.54) is 12.0 Å². The SMILES string of the molecule is OCc1ccc(CN[C@@H]2CCCC[C@H]2O)cc1. The zero-order valence-corrected chi connectivity index (χ0v) is 10.1. The summed E-state index contributed by atoms with van der Waals surface area (Å²) in [6.45, 7) is 0.877. The minimum absolute atomic E-state index is 0.0923. The molecule has 2 rings (SSSR count). The highest BCUT2D eigenvalue weighted by atomic mass is 16.3. The zero-order valence-electron chi connectivity index (χ0n) is 10.1. The average molecular weight is 235 g/mol. The van der Waals surface area contributed by atoms with Crippen molar-refractivity contribution in [3.05, 3.63) is 35.4 Å². The van der Waals surface area contributed by atoms with Crippen molar-refractivity contribution in [3.63, 3.8) is 0 Å². The summed E-state index contributed by atoms with van der Waals surface area (Å²) < 4.78 is 0. The number of rotatable bonds is 4. The predicted octanol–water partition coefficient (Wildman–Crippen LogP) is 1.57. The summed E-state index contributed by atoms with van der Waals surface area (Å²) in [7, 11) is 0. The van der Waals surface area contributed by atoms with E-state index in [9.17, 15) is 5.11 Å². The van der Waals surface area contributed by atoms with Crippen LogP contribution in [0, 0.1) is 0 Å². The van der Waals surface area contributed by atoms with Crippen molar-refractivity contribution >= 4 is 0 Å². The molecule has 2 atom stereocenters. The summed E-state index contributed by atoms with van der Waals surface area (Å²) in [4.78, 5) is 0. The number of aliphatic hydroxyl groups excluding tert-OH is 2. The first-order valence-electron chi connectivity index (χ1n) is 6.39. The van der Waals surface area contributed by atoms with Gasteiger partial charge in [0.25, 0.3) is 0 Å². The molecule has 0 unspecified atom stereocenters. The minimum Gasteiger partial charge on any atom is -0.392 e. The van der Waals surface area contributed by atoms with Crippen molar-refractivity contribution in [1.29, 1.82) is 0 Å². The van der Waals surface area contributed by atoms with Crippen molar-refractivity contribution < 1.29 is 10.2 Å². The Morgan fingerprint density at radius 3 is 2.35 bits per heavy atom. The number of nitrogens with one attached hydrogen (secondary N) is 1. The molecule has 1 aromatic rings. The summed E-state index contributed by atoms with van der Waals surface area (Å²) in [6, 6.07) is 8.16. The normalized spacial score (nSPS) is 24.8. The molecule has 0 bridgehead atoms. The van der Waals surface area contributed by atoms with Crippen LogP contribution in [0.2, 0.25) is 0 Å². The van der Waals surface area contributed by atoms with Gasteiger partial charge in [0.1, 0.15) is 0 Å². The second-order valence-corrected chi connectivity index (χ2v) is 4.81. The molecule has 1 saturated carbocycles. The second-order valence-electron chi connectivity index (χ2n) is 4.81. The number of aliphatic hydroxyl groups is 2. The molecule has 3 nitrogen and oxygen atoms in total. The fourth-order valence-corrected chi connectivity index (χ4v) is 2.36. The summed E-state index contributed by atoms with van der Waals surface area (Å²) in [5.41, 5.74) is 2.13. The van der Waals surface area contributed by atoms with Gasteiger partial charge in [-0.1, -0.05) is 37.1 Å². The zero-order chi connectivity index (χ0) is 12.1. The van der Waals surface area contributed by atoms with E-state index in [0.29, 0.717) is 0 Å². The van der Waals surface area contributed by atoms with Gasteiger partial charge < -0.3 is 15.5 Å². The molecule has 3 N–H and O–H groups in total. The Balaban J connectivity index is 1.84. The van der Waals surface area contributed by atoms with Crippen LogP contribution in [0.25, 0.3) is 0 Å². The molecular formula is C14H21NO2. The van der Waals surface area contributed by atoms with E-state index in [1.807, 2.05) is 24.3 Å². The molecule has 0 spiro atoms. The predicted molar refractivity (Wildman–Crippen MR) is 67.5 cm³/mol. The molecule has 0 aliphatic heterocycles. The summed E-state index contributed by atoms with van der Waals surface area (Å²) >= 11 is 0. The molecule has 0 aromatic heterocycles. The third-order valence-electron chi connectivity index (χ3n) is 3.50. The van der Waals surface area contributed by atoms with E-state index < -0.39 is 0 Å². The lowest BCUT2D eigenvalue weighted by Gasteiger charge is -2.28. The van der Waals surface area contributed by atoms with E-state index in [-0.39, 0.29) is 18.8 Å². The summed E-state index contributed by atoms with van der Waals surface area (Å²) in [5, 5.41) is 22.2. The molecule has 3 heteroatoms.